The molecule has 5 nitrogen and oxygen atoms in total. The molecule has 0 saturated heterocycles. The van der Waals surface area contributed by atoms with E-state index < -0.39 is 0 Å². The van der Waals surface area contributed by atoms with Gasteiger partial charge in [-0.3, -0.25) is 4.79 Å². The van der Waals surface area contributed by atoms with Crippen LogP contribution in [0, 0.1) is 6.92 Å². The summed E-state index contributed by atoms with van der Waals surface area (Å²) in [6.45, 7) is 4.40. The Balaban J connectivity index is 1.75. The van der Waals surface area contributed by atoms with Crippen molar-refractivity contribution in [3.63, 3.8) is 0 Å². The van der Waals surface area contributed by atoms with E-state index in [2.05, 4.69) is 10.5 Å². The van der Waals surface area contributed by atoms with E-state index >= 15 is 0 Å². The lowest BCUT2D eigenvalue weighted by atomic mass is 10.2. The minimum atomic E-state index is -0.268. The second-order valence-electron chi connectivity index (χ2n) is 4.92. The summed E-state index contributed by atoms with van der Waals surface area (Å²) in [4.78, 5) is 16.7. The van der Waals surface area contributed by atoms with Gasteiger partial charge in [0.05, 0.1) is 12.8 Å². The zero-order chi connectivity index (χ0) is 16.5. The molecule has 1 N–H and O–H groups in total. The smallest absolute Gasteiger partial charge is 0.265 e. The van der Waals surface area contributed by atoms with E-state index in [1.54, 1.807) is 30.5 Å². The molecule has 0 unspecified atom stereocenters. The molecule has 2 aromatic carbocycles. The molecule has 120 valence electrons. The number of hydrogen-bond donors (Lipinski definition) is 1. The molecule has 1 amide bonds. The Hall–Kier alpha value is -2.82. The highest BCUT2D eigenvalue weighted by Gasteiger charge is 2.02. The Labute approximate surface area is 135 Å². The number of hydrogen-bond acceptors (Lipinski definition) is 4. The SMILES string of the molecule is CCOc1ccc(NC(=O)CO/N=C\c2ccc(C)cc2)cc1. The third-order valence-corrected chi connectivity index (χ3v) is 3.00. The van der Waals surface area contributed by atoms with Gasteiger partial charge in [0, 0.05) is 5.69 Å². The number of carbonyl (C=O) groups excluding carboxylic acids is 1. The normalized spacial score (nSPS) is 10.5. The summed E-state index contributed by atoms with van der Waals surface area (Å²) in [5.74, 6) is 0.500. The Morgan fingerprint density at radius 1 is 1.13 bits per heavy atom. The van der Waals surface area contributed by atoms with Gasteiger partial charge in [0.1, 0.15) is 5.75 Å². The standard InChI is InChI=1S/C18H20N2O3/c1-3-22-17-10-8-16(9-11-17)20-18(21)13-23-19-12-15-6-4-14(2)5-7-15/h4-12H,3,13H2,1-2H3,(H,20,21)/b19-12-. The number of carbonyl (C=O) groups is 1. The van der Waals surface area contributed by atoms with Crippen LogP contribution in [0.1, 0.15) is 18.1 Å². The second-order valence-corrected chi connectivity index (χ2v) is 4.92. The summed E-state index contributed by atoms with van der Waals surface area (Å²) < 4.78 is 5.34. The fraction of sp³-hybridized carbons (Fsp3) is 0.222. The number of anilines is 1. The van der Waals surface area contributed by atoms with Gasteiger partial charge in [-0.2, -0.15) is 0 Å². The summed E-state index contributed by atoms with van der Waals surface area (Å²) in [6.07, 6.45) is 1.57. The molecule has 0 aliphatic rings. The molecule has 5 heteroatoms. The predicted octanol–water partition coefficient (Wildman–Crippen LogP) is 3.38. The number of ether oxygens (including phenoxy) is 1. The van der Waals surface area contributed by atoms with Gasteiger partial charge in [-0.25, -0.2) is 0 Å². The van der Waals surface area contributed by atoms with E-state index in [1.165, 1.54) is 5.56 Å². The summed E-state index contributed by atoms with van der Waals surface area (Å²) in [6, 6.07) is 15.0. The highest BCUT2D eigenvalue weighted by molar-refractivity contribution is 5.91. The topological polar surface area (TPSA) is 59.9 Å². The van der Waals surface area contributed by atoms with E-state index in [1.807, 2.05) is 38.1 Å². The molecule has 0 aromatic heterocycles. The Morgan fingerprint density at radius 2 is 1.83 bits per heavy atom. The average Bonchev–Trinajstić information content (AvgIpc) is 2.55. The van der Waals surface area contributed by atoms with Gasteiger partial charge in [-0.15, -0.1) is 0 Å². The Bertz CT molecular complexity index is 649. The van der Waals surface area contributed by atoms with Crippen LogP contribution in [0.3, 0.4) is 0 Å². The minimum Gasteiger partial charge on any atom is -0.494 e. The largest absolute Gasteiger partial charge is 0.494 e. The number of rotatable bonds is 7. The molecule has 0 atom stereocenters. The molecule has 0 aliphatic heterocycles. The molecule has 2 aromatic rings. The van der Waals surface area contributed by atoms with Crippen molar-refractivity contribution >= 4 is 17.8 Å². The van der Waals surface area contributed by atoms with Gasteiger partial charge >= 0.3 is 0 Å². The molecule has 0 spiro atoms. The van der Waals surface area contributed by atoms with E-state index in [4.69, 9.17) is 9.57 Å². The highest BCUT2D eigenvalue weighted by atomic mass is 16.6. The van der Waals surface area contributed by atoms with E-state index in [0.717, 1.165) is 11.3 Å². The zero-order valence-electron chi connectivity index (χ0n) is 13.3. The van der Waals surface area contributed by atoms with Crippen LogP contribution in [0.5, 0.6) is 5.75 Å². The number of aryl methyl sites for hydroxylation is 1. The molecule has 0 fully saturated rings. The van der Waals surface area contributed by atoms with Crippen molar-refractivity contribution in [3.05, 3.63) is 59.7 Å². The minimum absolute atomic E-state index is 0.143. The molecular weight excluding hydrogens is 292 g/mol. The van der Waals surface area contributed by atoms with Gasteiger partial charge in [0.25, 0.3) is 5.91 Å². The number of amides is 1. The summed E-state index contributed by atoms with van der Waals surface area (Å²) in [7, 11) is 0. The molecule has 0 radical (unpaired) electrons. The molecule has 23 heavy (non-hydrogen) atoms. The van der Waals surface area contributed by atoms with Crippen molar-refractivity contribution in [2.45, 2.75) is 13.8 Å². The predicted molar refractivity (Wildman–Crippen MR) is 91.0 cm³/mol. The van der Waals surface area contributed by atoms with E-state index in [9.17, 15) is 4.79 Å². The Morgan fingerprint density at radius 3 is 2.48 bits per heavy atom. The number of benzene rings is 2. The lowest BCUT2D eigenvalue weighted by Gasteiger charge is -2.06. The summed E-state index contributed by atoms with van der Waals surface area (Å²) >= 11 is 0. The second kappa shape index (κ2) is 8.58. The first-order valence-corrected chi connectivity index (χ1v) is 7.42. The average molecular weight is 312 g/mol. The van der Waals surface area contributed by atoms with Crippen LogP contribution in [0.2, 0.25) is 0 Å². The highest BCUT2D eigenvalue weighted by Crippen LogP contribution is 2.15. The molecule has 0 heterocycles. The maximum absolute atomic E-state index is 11.7. The Kier molecular flexibility index (Phi) is 6.17. The third kappa shape index (κ3) is 5.82. The van der Waals surface area contributed by atoms with E-state index in [-0.39, 0.29) is 12.5 Å². The molecule has 2 rings (SSSR count). The lowest BCUT2D eigenvalue weighted by molar-refractivity contribution is -0.120. The molecule has 0 saturated carbocycles. The van der Waals surface area contributed by atoms with Crippen LogP contribution in [-0.4, -0.2) is 25.3 Å². The zero-order valence-corrected chi connectivity index (χ0v) is 13.3. The quantitative estimate of drug-likeness (QED) is 0.630. The van der Waals surface area contributed by atoms with Crippen LogP contribution in [0.4, 0.5) is 5.69 Å². The van der Waals surface area contributed by atoms with Crippen LogP contribution < -0.4 is 10.1 Å². The van der Waals surface area contributed by atoms with Crippen molar-refractivity contribution < 1.29 is 14.4 Å². The maximum Gasteiger partial charge on any atom is 0.265 e. The fourth-order valence-electron chi connectivity index (χ4n) is 1.84. The number of oxime groups is 1. The van der Waals surface area contributed by atoms with Crippen molar-refractivity contribution in [2.75, 3.05) is 18.5 Å². The van der Waals surface area contributed by atoms with Gasteiger partial charge in [-0.05, 0) is 43.7 Å². The van der Waals surface area contributed by atoms with Crippen LogP contribution >= 0.6 is 0 Å². The van der Waals surface area contributed by atoms with E-state index in [0.29, 0.717) is 12.3 Å². The van der Waals surface area contributed by atoms with Gasteiger partial charge in [0.15, 0.2) is 6.61 Å². The van der Waals surface area contributed by atoms with Gasteiger partial charge < -0.3 is 14.9 Å². The van der Waals surface area contributed by atoms with Gasteiger partial charge in [0.2, 0.25) is 0 Å². The van der Waals surface area contributed by atoms with Crippen molar-refractivity contribution in [3.8, 4) is 5.75 Å². The molecular formula is C18H20N2O3. The molecule has 0 bridgehead atoms. The van der Waals surface area contributed by atoms with Crippen molar-refractivity contribution in [1.82, 2.24) is 0 Å². The monoisotopic (exact) mass is 312 g/mol. The van der Waals surface area contributed by atoms with Crippen molar-refractivity contribution in [2.24, 2.45) is 5.16 Å². The van der Waals surface area contributed by atoms with Crippen molar-refractivity contribution in [1.29, 1.82) is 0 Å². The van der Waals surface area contributed by atoms with Crippen LogP contribution in [0.25, 0.3) is 0 Å². The third-order valence-electron chi connectivity index (χ3n) is 3.00. The first kappa shape index (κ1) is 16.5. The first-order valence-electron chi connectivity index (χ1n) is 7.42. The lowest BCUT2D eigenvalue weighted by Crippen LogP contribution is -2.16. The maximum atomic E-state index is 11.7. The molecule has 0 aliphatic carbocycles. The first-order chi connectivity index (χ1) is 11.2. The summed E-state index contributed by atoms with van der Waals surface area (Å²) in [5, 5.41) is 6.51. The number of nitrogens with one attached hydrogen (secondary N) is 1. The fourth-order valence-corrected chi connectivity index (χ4v) is 1.84. The van der Waals surface area contributed by atoms with Crippen LogP contribution in [0.15, 0.2) is 53.7 Å². The summed E-state index contributed by atoms with van der Waals surface area (Å²) in [5.41, 5.74) is 2.78. The number of nitrogens with zero attached hydrogens (tertiary/aromatic N) is 1. The van der Waals surface area contributed by atoms with Gasteiger partial charge in [-0.1, -0.05) is 35.0 Å². The van der Waals surface area contributed by atoms with Crippen LogP contribution in [-0.2, 0) is 9.63 Å².